The minimum absolute atomic E-state index is 0.0101. The Bertz CT molecular complexity index is 2860. The Hall–Kier alpha value is -5.15. The molecule has 3 heterocycles. The number of hydrogen-bond donors (Lipinski definition) is 1. The summed E-state index contributed by atoms with van der Waals surface area (Å²) in [6.45, 7) is 10.6. The lowest BCUT2D eigenvalue weighted by Crippen LogP contribution is -2.46. The summed E-state index contributed by atoms with van der Waals surface area (Å²) >= 11 is 8.02. The van der Waals surface area contributed by atoms with E-state index in [0.29, 0.717) is 71.7 Å². The lowest BCUT2D eigenvalue weighted by atomic mass is 9.99. The molecule has 0 saturated carbocycles. The third-order valence-corrected chi connectivity index (χ3v) is 17.2. The molecule has 0 radical (unpaired) electrons. The summed E-state index contributed by atoms with van der Waals surface area (Å²) in [5, 5.41) is 17.5. The molecule has 2 unspecified atom stereocenters. The first-order valence-corrected chi connectivity index (χ1v) is 27.7. The monoisotopic (exact) mass is 1010 g/mol. The van der Waals surface area contributed by atoms with Gasteiger partial charge in [0.2, 0.25) is 0 Å². The Kier molecular flexibility index (Phi) is 15.9. The zero-order valence-corrected chi connectivity index (χ0v) is 43.2. The topological polar surface area (TPSA) is 116 Å². The molecule has 12 nitrogen and oxygen atoms in total. The number of halogens is 2. The van der Waals surface area contributed by atoms with E-state index in [9.17, 15) is 18.5 Å². The van der Waals surface area contributed by atoms with Gasteiger partial charge in [-0.15, -0.1) is 11.8 Å². The normalized spacial score (nSPS) is 16.1. The average molecular weight is 1010 g/mol. The Balaban J connectivity index is 0.981. The van der Waals surface area contributed by atoms with Gasteiger partial charge in [-0.25, -0.2) is 12.8 Å². The number of anilines is 4. The van der Waals surface area contributed by atoms with E-state index >= 15 is 4.39 Å². The highest BCUT2D eigenvalue weighted by Gasteiger charge is 2.32. The molecule has 1 aromatic heterocycles. The molecule has 364 valence electrons. The first kappa shape index (κ1) is 50.2. The van der Waals surface area contributed by atoms with Crippen LogP contribution in [0.1, 0.15) is 38.4 Å². The number of nitro benzene ring substituents is 1. The van der Waals surface area contributed by atoms with Crippen molar-refractivity contribution in [3.05, 3.63) is 142 Å². The Labute approximate surface area is 416 Å². The van der Waals surface area contributed by atoms with E-state index in [0.717, 1.165) is 58.8 Å². The van der Waals surface area contributed by atoms with Crippen LogP contribution in [-0.4, -0.2) is 101 Å². The van der Waals surface area contributed by atoms with Crippen molar-refractivity contribution in [1.82, 2.24) is 9.47 Å². The number of nitrogens with zero attached hydrogens (tertiary/aromatic N) is 6. The van der Waals surface area contributed by atoms with E-state index in [4.69, 9.17) is 16.1 Å². The number of sulfone groups is 1. The van der Waals surface area contributed by atoms with Gasteiger partial charge < -0.3 is 33.8 Å². The molecular weight excluding hydrogens is 952 g/mol. The molecule has 5 aromatic carbocycles. The van der Waals surface area contributed by atoms with Crippen LogP contribution in [0.3, 0.4) is 0 Å². The largest absolute Gasteiger partial charge is 0.376 e. The molecule has 0 amide bonds. The van der Waals surface area contributed by atoms with Gasteiger partial charge in [0, 0.05) is 106 Å². The van der Waals surface area contributed by atoms with Gasteiger partial charge >= 0.3 is 0 Å². The maximum atomic E-state index is 15.8. The van der Waals surface area contributed by atoms with E-state index in [1.807, 2.05) is 88.0 Å². The zero-order chi connectivity index (χ0) is 49.0. The Morgan fingerprint density at radius 3 is 2.17 bits per heavy atom. The van der Waals surface area contributed by atoms with E-state index < -0.39 is 24.0 Å². The van der Waals surface area contributed by atoms with Crippen molar-refractivity contribution in [3.8, 4) is 22.4 Å². The fourth-order valence-electron chi connectivity index (χ4n) is 9.33. The molecule has 0 spiro atoms. The van der Waals surface area contributed by atoms with E-state index in [1.165, 1.54) is 18.4 Å². The molecule has 69 heavy (non-hydrogen) atoms. The van der Waals surface area contributed by atoms with Crippen LogP contribution in [0.5, 0.6) is 0 Å². The summed E-state index contributed by atoms with van der Waals surface area (Å²) in [6, 6.07) is 36.2. The Morgan fingerprint density at radius 1 is 0.870 bits per heavy atom. The standard InChI is InChI=1S/C52H60ClFN7O5PS2/c1-36(2)60-37(3)52(69(6,64)65)50(51(60)38-13-15-40(53)16-14-38)39-31-41(54)33-45(32-39)58-28-26-57(27-29-58)43-17-19-44(20-18-43)59-24-10-30-66-67(59)46-21-22-48(49(34-46)61(62)63)55-42(23-25-56(4)5)35-68-47-11-8-7-9-12-47/h7-9,11-22,31-34,36,42,55H,10,23-30,35H2,1-6H3. The number of aromatic nitrogens is 1. The van der Waals surface area contributed by atoms with E-state index in [-0.39, 0.29) is 27.6 Å². The van der Waals surface area contributed by atoms with Gasteiger partial charge in [0.25, 0.3) is 5.69 Å². The van der Waals surface area contributed by atoms with Crippen molar-refractivity contribution in [2.45, 2.75) is 55.5 Å². The number of rotatable bonds is 17. The van der Waals surface area contributed by atoms with Gasteiger partial charge in [0.1, 0.15) is 11.5 Å². The molecule has 2 fully saturated rings. The summed E-state index contributed by atoms with van der Waals surface area (Å²) in [4.78, 5) is 20.2. The first-order chi connectivity index (χ1) is 33.0. The summed E-state index contributed by atoms with van der Waals surface area (Å²) in [5.41, 5.74) is 6.33. The molecule has 0 aliphatic carbocycles. The maximum Gasteiger partial charge on any atom is 0.293 e. The SMILES string of the molecule is Cc1c(S(C)(=O)=O)c(-c2cc(F)cc(N3CCN(c4ccc(N5CCCOP5c5ccc(NC(CCN(C)C)CSc6ccccc6)c([N+](=O)[O-])c5)cc4)CC3)c2)c(-c2ccc(Cl)cc2)n1C(C)C. The van der Waals surface area contributed by atoms with Crippen molar-refractivity contribution in [3.63, 3.8) is 0 Å². The molecule has 6 aromatic rings. The fourth-order valence-corrected chi connectivity index (χ4v) is 13.6. The van der Waals surface area contributed by atoms with Gasteiger partial charge in [-0.05, 0) is 144 Å². The molecule has 2 saturated heterocycles. The van der Waals surface area contributed by atoms with Gasteiger partial charge in [-0.1, -0.05) is 41.9 Å². The number of nitrogens with one attached hydrogen (secondary N) is 1. The van der Waals surface area contributed by atoms with E-state index in [2.05, 4.69) is 61.1 Å². The molecule has 2 atom stereocenters. The lowest BCUT2D eigenvalue weighted by Gasteiger charge is -2.38. The predicted octanol–water partition coefficient (Wildman–Crippen LogP) is 11.5. The average Bonchev–Trinajstić information content (AvgIpc) is 3.66. The van der Waals surface area contributed by atoms with Crippen molar-refractivity contribution >= 4 is 75.2 Å². The second kappa shape index (κ2) is 21.9. The van der Waals surface area contributed by atoms with Crippen LogP contribution < -0.4 is 25.1 Å². The molecule has 1 N–H and O–H groups in total. The third kappa shape index (κ3) is 11.7. The first-order valence-electron chi connectivity index (χ1n) is 23.3. The van der Waals surface area contributed by atoms with Crippen molar-refractivity contribution < 1.29 is 22.3 Å². The zero-order valence-electron chi connectivity index (χ0n) is 39.9. The molecule has 17 heteroatoms. The van der Waals surface area contributed by atoms with Gasteiger partial charge in [-0.3, -0.25) is 10.1 Å². The van der Waals surface area contributed by atoms with Crippen LogP contribution in [-0.2, 0) is 14.4 Å². The number of piperazine rings is 1. The quantitative estimate of drug-likeness (QED) is 0.0407. The summed E-state index contributed by atoms with van der Waals surface area (Å²) in [7, 11) is -1.00. The maximum absolute atomic E-state index is 15.8. The van der Waals surface area contributed by atoms with Crippen molar-refractivity contribution in [1.29, 1.82) is 0 Å². The highest BCUT2D eigenvalue weighted by atomic mass is 35.5. The number of benzene rings is 5. The summed E-state index contributed by atoms with van der Waals surface area (Å²) in [5.74, 6) is 0.315. The fraction of sp³-hybridized carbons (Fsp3) is 0.346. The molecule has 2 aliphatic heterocycles. The minimum atomic E-state index is -3.73. The van der Waals surface area contributed by atoms with Crippen LogP contribution in [0.25, 0.3) is 22.4 Å². The number of thioether (sulfide) groups is 1. The van der Waals surface area contributed by atoms with Crippen LogP contribution in [0.2, 0.25) is 5.02 Å². The smallest absolute Gasteiger partial charge is 0.293 e. The number of hydrogen-bond acceptors (Lipinski definition) is 11. The highest BCUT2D eigenvalue weighted by molar-refractivity contribution is 7.99. The predicted molar refractivity (Wildman–Crippen MR) is 285 cm³/mol. The second-order valence-electron chi connectivity index (χ2n) is 18.2. The number of nitro groups is 1. The van der Waals surface area contributed by atoms with E-state index in [1.54, 1.807) is 30.0 Å². The molecular formula is C52H60ClFN7O5PS2. The second-order valence-corrected chi connectivity index (χ2v) is 23.5. The van der Waals surface area contributed by atoms with Gasteiger partial charge in [0.05, 0.1) is 22.1 Å². The minimum Gasteiger partial charge on any atom is -0.376 e. The highest BCUT2D eigenvalue weighted by Crippen LogP contribution is 2.48. The van der Waals surface area contributed by atoms with Gasteiger partial charge in [-0.2, -0.15) is 0 Å². The molecule has 0 bridgehead atoms. The molecule has 2 aliphatic rings. The van der Waals surface area contributed by atoms with Gasteiger partial charge in [0.15, 0.2) is 18.1 Å². The lowest BCUT2D eigenvalue weighted by molar-refractivity contribution is -0.383. The third-order valence-electron chi connectivity index (χ3n) is 12.6. The van der Waals surface area contributed by atoms with Crippen LogP contribution in [0.4, 0.5) is 32.8 Å². The summed E-state index contributed by atoms with van der Waals surface area (Å²) < 4.78 is 53.5. The summed E-state index contributed by atoms with van der Waals surface area (Å²) in [6.07, 6.45) is 2.87. The molecule has 8 rings (SSSR count). The van der Waals surface area contributed by atoms with Crippen LogP contribution >= 0.6 is 31.7 Å². The van der Waals surface area contributed by atoms with Crippen molar-refractivity contribution in [2.75, 3.05) is 91.8 Å². The van der Waals surface area contributed by atoms with Crippen molar-refractivity contribution in [2.24, 2.45) is 0 Å². The van der Waals surface area contributed by atoms with Crippen LogP contribution in [0, 0.1) is 22.9 Å². The van der Waals surface area contributed by atoms with Crippen LogP contribution in [0.15, 0.2) is 125 Å². The Morgan fingerprint density at radius 2 is 1.54 bits per heavy atom.